The van der Waals surface area contributed by atoms with Crippen molar-refractivity contribution in [1.82, 2.24) is 9.88 Å². The van der Waals surface area contributed by atoms with E-state index in [0.29, 0.717) is 18.2 Å². The molecule has 0 saturated carbocycles. The second-order valence-corrected chi connectivity index (χ2v) is 5.28. The number of halogens is 2. The molecule has 2 rings (SSSR count). The van der Waals surface area contributed by atoms with Crippen molar-refractivity contribution in [2.24, 2.45) is 0 Å². The molecule has 0 fully saturated rings. The van der Waals surface area contributed by atoms with E-state index < -0.39 is 0 Å². The monoisotopic (exact) mass is 308 g/mol. The molecule has 1 aromatic carbocycles. The first-order chi connectivity index (χ1) is 10.1. The standard InChI is InChI=1S/C16H18ClFN2O/c1-20(10-12-9-13(18)6-7-14(12)17)16(11-21-2)15-5-3-4-8-19-15/h3-9,16H,10-11H2,1-2H3. The summed E-state index contributed by atoms with van der Waals surface area (Å²) in [4.78, 5) is 6.42. The fourth-order valence-electron chi connectivity index (χ4n) is 2.21. The predicted molar refractivity (Wildman–Crippen MR) is 81.7 cm³/mol. The topological polar surface area (TPSA) is 25.4 Å². The Morgan fingerprint density at radius 1 is 1.33 bits per heavy atom. The fourth-order valence-corrected chi connectivity index (χ4v) is 2.39. The Hall–Kier alpha value is -1.49. The number of aromatic nitrogens is 1. The van der Waals surface area contributed by atoms with E-state index in [1.807, 2.05) is 30.1 Å². The molecule has 1 aromatic heterocycles. The average Bonchev–Trinajstić information content (AvgIpc) is 2.49. The summed E-state index contributed by atoms with van der Waals surface area (Å²) in [5, 5.41) is 0.556. The van der Waals surface area contributed by atoms with Gasteiger partial charge < -0.3 is 4.74 Å². The zero-order valence-corrected chi connectivity index (χ0v) is 12.8. The predicted octanol–water partition coefficient (Wildman–Crippen LogP) is 3.69. The number of ether oxygens (including phenoxy) is 1. The number of rotatable bonds is 6. The van der Waals surface area contributed by atoms with Gasteiger partial charge in [0.2, 0.25) is 0 Å². The molecule has 0 radical (unpaired) electrons. The third-order valence-corrected chi connectivity index (χ3v) is 3.68. The number of pyridine rings is 1. The van der Waals surface area contributed by atoms with Gasteiger partial charge in [-0.3, -0.25) is 9.88 Å². The van der Waals surface area contributed by atoms with Crippen LogP contribution in [0.5, 0.6) is 0 Å². The molecule has 1 unspecified atom stereocenters. The number of hydrogen-bond acceptors (Lipinski definition) is 3. The number of likely N-dealkylation sites (N-methyl/N-ethyl adjacent to an activating group) is 1. The summed E-state index contributed by atoms with van der Waals surface area (Å²) in [5.41, 5.74) is 1.66. The number of hydrogen-bond donors (Lipinski definition) is 0. The van der Waals surface area contributed by atoms with E-state index in [9.17, 15) is 4.39 Å². The zero-order chi connectivity index (χ0) is 15.2. The van der Waals surface area contributed by atoms with Gasteiger partial charge in [-0.1, -0.05) is 17.7 Å². The van der Waals surface area contributed by atoms with Crippen LogP contribution in [0.2, 0.25) is 5.02 Å². The van der Waals surface area contributed by atoms with Crippen LogP contribution in [0, 0.1) is 5.82 Å². The first-order valence-corrected chi connectivity index (χ1v) is 7.03. The van der Waals surface area contributed by atoms with E-state index in [-0.39, 0.29) is 11.9 Å². The highest BCUT2D eigenvalue weighted by atomic mass is 35.5. The number of methoxy groups -OCH3 is 1. The van der Waals surface area contributed by atoms with Gasteiger partial charge in [-0.05, 0) is 42.9 Å². The van der Waals surface area contributed by atoms with E-state index in [2.05, 4.69) is 4.98 Å². The lowest BCUT2D eigenvalue weighted by Crippen LogP contribution is -2.28. The molecule has 0 N–H and O–H groups in total. The molecule has 5 heteroatoms. The van der Waals surface area contributed by atoms with Crippen molar-refractivity contribution in [2.45, 2.75) is 12.6 Å². The maximum atomic E-state index is 13.4. The van der Waals surface area contributed by atoms with E-state index in [0.717, 1.165) is 11.3 Å². The van der Waals surface area contributed by atoms with Crippen LogP contribution in [0.1, 0.15) is 17.3 Å². The van der Waals surface area contributed by atoms with Crippen LogP contribution >= 0.6 is 11.6 Å². The molecule has 2 aromatic rings. The fraction of sp³-hybridized carbons (Fsp3) is 0.312. The van der Waals surface area contributed by atoms with Crippen LogP contribution in [0.25, 0.3) is 0 Å². The third kappa shape index (κ3) is 4.24. The van der Waals surface area contributed by atoms with Gasteiger partial charge in [-0.2, -0.15) is 0 Å². The molecule has 0 spiro atoms. The van der Waals surface area contributed by atoms with Gasteiger partial charge in [0.15, 0.2) is 0 Å². The highest BCUT2D eigenvalue weighted by Crippen LogP contribution is 2.24. The van der Waals surface area contributed by atoms with Gasteiger partial charge in [-0.15, -0.1) is 0 Å². The van der Waals surface area contributed by atoms with Crippen molar-refractivity contribution >= 4 is 11.6 Å². The average molecular weight is 309 g/mol. The summed E-state index contributed by atoms with van der Waals surface area (Å²) in [5.74, 6) is -0.288. The van der Waals surface area contributed by atoms with E-state index in [1.165, 1.54) is 12.1 Å². The van der Waals surface area contributed by atoms with E-state index in [1.54, 1.807) is 19.4 Å². The van der Waals surface area contributed by atoms with Gasteiger partial charge >= 0.3 is 0 Å². The van der Waals surface area contributed by atoms with E-state index in [4.69, 9.17) is 16.3 Å². The van der Waals surface area contributed by atoms with Crippen LogP contribution in [0.3, 0.4) is 0 Å². The lowest BCUT2D eigenvalue weighted by atomic mass is 10.1. The highest BCUT2D eigenvalue weighted by Gasteiger charge is 2.19. The van der Waals surface area contributed by atoms with Gasteiger partial charge in [0.25, 0.3) is 0 Å². The number of benzene rings is 1. The third-order valence-electron chi connectivity index (χ3n) is 3.31. The van der Waals surface area contributed by atoms with Gasteiger partial charge in [0.1, 0.15) is 5.82 Å². The molecule has 3 nitrogen and oxygen atoms in total. The normalized spacial score (nSPS) is 12.6. The molecule has 1 heterocycles. The van der Waals surface area contributed by atoms with Crippen LogP contribution in [-0.2, 0) is 11.3 Å². The Labute approximate surface area is 129 Å². The maximum Gasteiger partial charge on any atom is 0.123 e. The van der Waals surface area contributed by atoms with Crippen LogP contribution in [0.4, 0.5) is 4.39 Å². The first kappa shape index (κ1) is 15.9. The molecule has 0 bridgehead atoms. The lowest BCUT2D eigenvalue weighted by Gasteiger charge is -2.27. The maximum absolute atomic E-state index is 13.4. The molecule has 112 valence electrons. The van der Waals surface area contributed by atoms with E-state index >= 15 is 0 Å². The molecular formula is C16H18ClFN2O. The van der Waals surface area contributed by atoms with Crippen molar-refractivity contribution in [3.63, 3.8) is 0 Å². The Kier molecular flexibility index (Phi) is 5.67. The summed E-state index contributed by atoms with van der Waals surface area (Å²) >= 11 is 6.13. The molecule has 1 atom stereocenters. The van der Waals surface area contributed by atoms with Crippen LogP contribution in [0.15, 0.2) is 42.6 Å². The number of nitrogens with zero attached hydrogens (tertiary/aromatic N) is 2. The summed E-state index contributed by atoms with van der Waals surface area (Å²) < 4.78 is 18.6. The SMILES string of the molecule is COCC(c1ccccn1)N(C)Cc1cc(F)ccc1Cl. The Bertz CT molecular complexity index is 580. The van der Waals surface area contributed by atoms with Crippen molar-refractivity contribution in [1.29, 1.82) is 0 Å². The van der Waals surface area contributed by atoms with Crippen molar-refractivity contribution in [3.05, 3.63) is 64.7 Å². The molecular weight excluding hydrogens is 291 g/mol. The molecule has 0 aliphatic rings. The smallest absolute Gasteiger partial charge is 0.123 e. The quantitative estimate of drug-likeness (QED) is 0.814. The van der Waals surface area contributed by atoms with Crippen molar-refractivity contribution in [2.75, 3.05) is 20.8 Å². The largest absolute Gasteiger partial charge is 0.383 e. The zero-order valence-electron chi connectivity index (χ0n) is 12.1. The summed E-state index contributed by atoms with van der Waals surface area (Å²) in [7, 11) is 3.60. The summed E-state index contributed by atoms with van der Waals surface area (Å²) in [6, 6.07) is 10.1. The lowest BCUT2D eigenvalue weighted by molar-refractivity contribution is 0.0999. The minimum absolute atomic E-state index is 0.0180. The second kappa shape index (κ2) is 7.50. The Morgan fingerprint density at radius 2 is 2.14 bits per heavy atom. The van der Waals surface area contributed by atoms with Gasteiger partial charge in [0, 0.05) is 24.9 Å². The van der Waals surface area contributed by atoms with Crippen molar-refractivity contribution in [3.8, 4) is 0 Å². The van der Waals surface area contributed by atoms with Crippen LogP contribution < -0.4 is 0 Å². The first-order valence-electron chi connectivity index (χ1n) is 6.66. The molecule has 0 amide bonds. The van der Waals surface area contributed by atoms with Gasteiger partial charge in [-0.25, -0.2) is 4.39 Å². The van der Waals surface area contributed by atoms with Crippen molar-refractivity contribution < 1.29 is 9.13 Å². The summed E-state index contributed by atoms with van der Waals surface area (Å²) in [6.07, 6.45) is 1.75. The molecule has 0 aliphatic carbocycles. The molecule has 21 heavy (non-hydrogen) atoms. The minimum atomic E-state index is -0.288. The van der Waals surface area contributed by atoms with Crippen LogP contribution in [-0.4, -0.2) is 30.6 Å². The van der Waals surface area contributed by atoms with Gasteiger partial charge in [0.05, 0.1) is 18.3 Å². The minimum Gasteiger partial charge on any atom is -0.383 e. The molecule has 0 aliphatic heterocycles. The Morgan fingerprint density at radius 3 is 2.81 bits per heavy atom. The summed E-state index contributed by atoms with van der Waals surface area (Å²) in [6.45, 7) is 1.02. The second-order valence-electron chi connectivity index (χ2n) is 4.88. The molecule has 0 saturated heterocycles. The Balaban J connectivity index is 2.19. The highest BCUT2D eigenvalue weighted by molar-refractivity contribution is 6.31.